The number of methoxy groups -OCH3 is 2. The second kappa shape index (κ2) is 9.96. The summed E-state index contributed by atoms with van der Waals surface area (Å²) in [6.45, 7) is 0.485. The Kier molecular flexibility index (Phi) is 6.85. The van der Waals surface area contributed by atoms with Gasteiger partial charge in [0.2, 0.25) is 11.6 Å². The molecule has 1 aliphatic rings. The molecule has 1 saturated heterocycles. The molecule has 1 aromatic heterocycles. The number of ether oxygens (including phenoxy) is 3. The van der Waals surface area contributed by atoms with Gasteiger partial charge in [-0.3, -0.25) is 4.79 Å². The van der Waals surface area contributed by atoms with Crippen molar-refractivity contribution < 1.29 is 23.4 Å². The summed E-state index contributed by atoms with van der Waals surface area (Å²) in [5.74, 6) is 2.51. The highest BCUT2D eigenvalue weighted by Crippen LogP contribution is 2.37. The fourth-order valence-electron chi connectivity index (χ4n) is 3.89. The van der Waals surface area contributed by atoms with Crippen LogP contribution in [0.15, 0.2) is 53.1 Å². The lowest BCUT2D eigenvalue weighted by Gasteiger charge is -2.23. The topological polar surface area (TPSA) is 74.0 Å². The Hall–Kier alpha value is -3.19. The first-order chi connectivity index (χ1) is 15.6. The molecule has 0 spiro atoms. The van der Waals surface area contributed by atoms with E-state index in [9.17, 15) is 4.79 Å². The standard InChI is InChI=1S/C24H25ClN2O5/c1-29-20-10-5-11-21(30-2)23(20)31-15-22(28)27-12-6-9-19(27)24-26-14-17(32-24)13-16-7-3-4-8-18(16)25/h3-5,7-8,10-11,14,19H,6,9,12-13,15H2,1-2H3/t19-/m1/s1. The van der Waals surface area contributed by atoms with E-state index in [0.717, 1.165) is 18.4 Å². The molecule has 0 radical (unpaired) electrons. The van der Waals surface area contributed by atoms with E-state index in [0.29, 0.717) is 46.9 Å². The van der Waals surface area contributed by atoms with E-state index in [4.69, 9.17) is 30.2 Å². The Morgan fingerprint density at radius 2 is 1.91 bits per heavy atom. The number of carbonyl (C=O) groups excluding carboxylic acids is 1. The first-order valence-electron chi connectivity index (χ1n) is 10.4. The predicted octanol–water partition coefficient (Wildman–Crippen LogP) is 4.68. The second-order valence-corrected chi connectivity index (χ2v) is 7.87. The minimum atomic E-state index is -0.217. The van der Waals surface area contributed by atoms with Gasteiger partial charge in [-0.15, -0.1) is 0 Å². The molecule has 0 unspecified atom stereocenters. The van der Waals surface area contributed by atoms with Crippen LogP contribution in [0.3, 0.4) is 0 Å². The van der Waals surface area contributed by atoms with Gasteiger partial charge in [-0.25, -0.2) is 4.98 Å². The highest BCUT2D eigenvalue weighted by atomic mass is 35.5. The van der Waals surface area contributed by atoms with Crippen molar-refractivity contribution in [3.05, 3.63) is 70.9 Å². The molecule has 0 bridgehead atoms. The zero-order valence-electron chi connectivity index (χ0n) is 18.0. The van der Waals surface area contributed by atoms with Gasteiger partial charge in [0.15, 0.2) is 18.1 Å². The van der Waals surface area contributed by atoms with Crippen LogP contribution in [0.1, 0.15) is 36.1 Å². The van der Waals surface area contributed by atoms with Crippen molar-refractivity contribution >= 4 is 17.5 Å². The zero-order valence-corrected chi connectivity index (χ0v) is 18.8. The summed E-state index contributed by atoms with van der Waals surface area (Å²) in [6.07, 6.45) is 3.91. The number of hydrogen-bond donors (Lipinski definition) is 0. The Labute approximate surface area is 191 Å². The van der Waals surface area contributed by atoms with Crippen molar-refractivity contribution in [2.24, 2.45) is 0 Å². The summed E-state index contributed by atoms with van der Waals surface area (Å²) >= 11 is 6.25. The van der Waals surface area contributed by atoms with Crippen molar-refractivity contribution in [2.45, 2.75) is 25.3 Å². The Bertz CT molecular complexity index is 1060. The quantitative estimate of drug-likeness (QED) is 0.490. The molecule has 1 fully saturated rings. The molecule has 2 aromatic carbocycles. The van der Waals surface area contributed by atoms with Crippen LogP contribution < -0.4 is 14.2 Å². The molecule has 2 heterocycles. The molecule has 0 saturated carbocycles. The van der Waals surface area contributed by atoms with Gasteiger partial charge in [0, 0.05) is 18.0 Å². The first-order valence-corrected chi connectivity index (χ1v) is 10.8. The molecular weight excluding hydrogens is 432 g/mol. The number of hydrogen-bond acceptors (Lipinski definition) is 6. The fourth-order valence-corrected chi connectivity index (χ4v) is 4.09. The number of halogens is 1. The second-order valence-electron chi connectivity index (χ2n) is 7.46. The lowest BCUT2D eigenvalue weighted by Crippen LogP contribution is -2.34. The largest absolute Gasteiger partial charge is 0.493 e. The monoisotopic (exact) mass is 456 g/mol. The number of rotatable bonds is 8. The van der Waals surface area contributed by atoms with Gasteiger partial charge in [-0.05, 0) is 36.6 Å². The van der Waals surface area contributed by atoms with E-state index in [2.05, 4.69) is 4.98 Å². The molecule has 1 amide bonds. The van der Waals surface area contributed by atoms with E-state index >= 15 is 0 Å². The normalized spacial score (nSPS) is 15.6. The van der Waals surface area contributed by atoms with Gasteiger partial charge < -0.3 is 23.5 Å². The minimum Gasteiger partial charge on any atom is -0.493 e. The number of nitrogens with zero attached hydrogens (tertiary/aromatic N) is 2. The minimum absolute atomic E-state index is 0.138. The van der Waals surface area contributed by atoms with Crippen molar-refractivity contribution in [2.75, 3.05) is 27.4 Å². The van der Waals surface area contributed by atoms with Gasteiger partial charge in [0.1, 0.15) is 11.8 Å². The first kappa shape index (κ1) is 22.0. The van der Waals surface area contributed by atoms with E-state index in [1.807, 2.05) is 24.3 Å². The van der Waals surface area contributed by atoms with E-state index in [1.165, 1.54) is 0 Å². The Morgan fingerprint density at radius 1 is 1.16 bits per heavy atom. The summed E-state index contributed by atoms with van der Waals surface area (Å²) in [7, 11) is 3.09. The van der Waals surface area contributed by atoms with Crippen molar-refractivity contribution in [3.63, 3.8) is 0 Å². The zero-order chi connectivity index (χ0) is 22.5. The van der Waals surface area contributed by atoms with Crippen LogP contribution in [0.25, 0.3) is 0 Å². The SMILES string of the molecule is COc1cccc(OC)c1OCC(=O)N1CCC[C@@H]1c1ncc(Cc2ccccc2Cl)o1. The number of aromatic nitrogens is 1. The van der Waals surface area contributed by atoms with Crippen molar-refractivity contribution in [3.8, 4) is 17.2 Å². The van der Waals surface area contributed by atoms with Crippen LogP contribution >= 0.6 is 11.6 Å². The molecule has 4 rings (SSSR count). The maximum atomic E-state index is 13.0. The Balaban J connectivity index is 1.44. The molecule has 0 aliphatic carbocycles. The van der Waals surface area contributed by atoms with Crippen molar-refractivity contribution in [1.82, 2.24) is 9.88 Å². The molecule has 7 nitrogen and oxygen atoms in total. The number of amides is 1. The van der Waals surface area contributed by atoms with Crippen LogP contribution in [-0.2, 0) is 11.2 Å². The van der Waals surface area contributed by atoms with Gasteiger partial charge in [0.25, 0.3) is 5.91 Å². The fraction of sp³-hybridized carbons (Fsp3) is 0.333. The molecule has 1 aliphatic heterocycles. The van der Waals surface area contributed by atoms with E-state index in [-0.39, 0.29) is 18.6 Å². The van der Waals surface area contributed by atoms with E-state index < -0.39 is 0 Å². The number of likely N-dealkylation sites (tertiary alicyclic amines) is 1. The molecule has 0 N–H and O–H groups in total. The number of carbonyl (C=O) groups is 1. The molecular formula is C24H25ClN2O5. The third-order valence-corrected chi connectivity index (χ3v) is 5.84. The average Bonchev–Trinajstić information content (AvgIpc) is 3.48. The van der Waals surface area contributed by atoms with Crippen LogP contribution in [0.5, 0.6) is 17.2 Å². The molecule has 3 aromatic rings. The molecule has 168 valence electrons. The van der Waals surface area contributed by atoms with Crippen molar-refractivity contribution in [1.29, 1.82) is 0 Å². The molecule has 8 heteroatoms. The number of oxazole rings is 1. The van der Waals surface area contributed by atoms with Crippen LogP contribution in [0.4, 0.5) is 0 Å². The van der Waals surface area contributed by atoms with Gasteiger partial charge in [0.05, 0.1) is 20.4 Å². The molecule has 32 heavy (non-hydrogen) atoms. The van der Waals surface area contributed by atoms with E-state index in [1.54, 1.807) is 43.5 Å². The summed E-state index contributed by atoms with van der Waals surface area (Å²) in [5.41, 5.74) is 0.968. The smallest absolute Gasteiger partial charge is 0.261 e. The predicted molar refractivity (Wildman–Crippen MR) is 119 cm³/mol. The van der Waals surface area contributed by atoms with Gasteiger partial charge in [-0.2, -0.15) is 0 Å². The third-order valence-electron chi connectivity index (χ3n) is 5.47. The summed E-state index contributed by atoms with van der Waals surface area (Å²) in [6, 6.07) is 12.7. The maximum Gasteiger partial charge on any atom is 0.261 e. The summed E-state index contributed by atoms with van der Waals surface area (Å²) in [4.78, 5) is 19.2. The van der Waals surface area contributed by atoms with Crippen LogP contribution in [0.2, 0.25) is 5.02 Å². The molecule has 1 atom stereocenters. The highest BCUT2D eigenvalue weighted by Gasteiger charge is 2.33. The maximum absolute atomic E-state index is 13.0. The summed E-state index contributed by atoms with van der Waals surface area (Å²) in [5, 5.41) is 0.687. The highest BCUT2D eigenvalue weighted by molar-refractivity contribution is 6.31. The Morgan fingerprint density at radius 3 is 2.62 bits per heavy atom. The average molecular weight is 457 g/mol. The van der Waals surface area contributed by atoms with Crippen LogP contribution in [-0.4, -0.2) is 43.2 Å². The van der Waals surface area contributed by atoms with Gasteiger partial charge >= 0.3 is 0 Å². The van der Waals surface area contributed by atoms with Crippen LogP contribution in [0, 0.1) is 0 Å². The lowest BCUT2D eigenvalue weighted by molar-refractivity contribution is -0.134. The number of para-hydroxylation sites is 1. The third kappa shape index (κ3) is 4.67. The lowest BCUT2D eigenvalue weighted by atomic mass is 10.1. The number of benzene rings is 2. The van der Waals surface area contributed by atoms with Gasteiger partial charge in [-0.1, -0.05) is 35.9 Å². The summed E-state index contributed by atoms with van der Waals surface area (Å²) < 4.78 is 22.5.